The molecule has 0 aliphatic carbocycles. The number of anilines is 2. The number of aromatic nitrogens is 4. The van der Waals surface area contributed by atoms with E-state index in [1.165, 1.54) is 42.3 Å². The van der Waals surface area contributed by atoms with Crippen LogP contribution in [0.4, 0.5) is 20.2 Å². The van der Waals surface area contributed by atoms with Crippen LogP contribution in [0.25, 0.3) is 22.3 Å². The number of amides is 1. The molecule has 9 nitrogen and oxygen atoms in total. The van der Waals surface area contributed by atoms with Gasteiger partial charge in [0.15, 0.2) is 11.6 Å². The van der Waals surface area contributed by atoms with Gasteiger partial charge in [0.2, 0.25) is 0 Å². The van der Waals surface area contributed by atoms with E-state index in [2.05, 4.69) is 20.4 Å². The summed E-state index contributed by atoms with van der Waals surface area (Å²) in [5.74, 6) is -1.48. The van der Waals surface area contributed by atoms with Crippen molar-refractivity contribution in [1.29, 1.82) is 0 Å². The Balaban J connectivity index is 1.54. The summed E-state index contributed by atoms with van der Waals surface area (Å²) in [6, 6.07) is 6.97. The maximum atomic E-state index is 15.0. The number of benzene rings is 2. The van der Waals surface area contributed by atoms with Crippen molar-refractivity contribution in [2.24, 2.45) is 12.8 Å². The Morgan fingerprint density at radius 3 is 2.83 bits per heavy atom. The first-order chi connectivity index (χ1) is 16.9. The first-order valence-electron chi connectivity index (χ1n) is 11.0. The minimum Gasteiger partial charge on any atom is -0.496 e. The number of nitrogens with two attached hydrogens (primary N) is 1. The fraction of sp³-hybridized carbons (Fsp3) is 0.250. The number of rotatable bonds is 5. The van der Waals surface area contributed by atoms with Gasteiger partial charge in [-0.2, -0.15) is 5.10 Å². The molecule has 35 heavy (non-hydrogen) atoms. The van der Waals surface area contributed by atoms with E-state index in [0.717, 1.165) is 6.42 Å². The summed E-state index contributed by atoms with van der Waals surface area (Å²) in [5.41, 5.74) is 7.37. The van der Waals surface area contributed by atoms with E-state index in [0.29, 0.717) is 29.7 Å². The van der Waals surface area contributed by atoms with Crippen molar-refractivity contribution in [3.8, 4) is 17.1 Å². The lowest BCUT2D eigenvalue weighted by molar-refractivity contribution is 0.102. The minimum absolute atomic E-state index is 0.00719. The van der Waals surface area contributed by atoms with Crippen LogP contribution in [-0.4, -0.2) is 51.9 Å². The van der Waals surface area contributed by atoms with Crippen molar-refractivity contribution in [3.63, 3.8) is 0 Å². The zero-order valence-electron chi connectivity index (χ0n) is 19.1. The molecule has 3 heterocycles. The van der Waals surface area contributed by atoms with Crippen LogP contribution < -0.4 is 20.7 Å². The zero-order chi connectivity index (χ0) is 24.7. The van der Waals surface area contributed by atoms with Gasteiger partial charge in [0.05, 0.1) is 30.2 Å². The fourth-order valence-corrected chi connectivity index (χ4v) is 4.41. The van der Waals surface area contributed by atoms with Gasteiger partial charge in [-0.1, -0.05) is 6.07 Å². The van der Waals surface area contributed by atoms with Gasteiger partial charge in [0, 0.05) is 43.8 Å². The topological polar surface area (TPSA) is 111 Å². The summed E-state index contributed by atoms with van der Waals surface area (Å²) in [4.78, 5) is 23.6. The Morgan fingerprint density at radius 1 is 1.26 bits per heavy atom. The van der Waals surface area contributed by atoms with Crippen molar-refractivity contribution in [1.82, 2.24) is 19.7 Å². The molecule has 180 valence electrons. The number of nitrogens with zero attached hydrogens (tertiary/aromatic N) is 5. The van der Waals surface area contributed by atoms with Gasteiger partial charge in [-0.15, -0.1) is 0 Å². The third kappa shape index (κ3) is 4.03. The number of methoxy groups -OCH3 is 1. The molecule has 0 saturated carbocycles. The van der Waals surface area contributed by atoms with Crippen LogP contribution in [0.15, 0.2) is 42.7 Å². The summed E-state index contributed by atoms with van der Waals surface area (Å²) < 4.78 is 36.2. The molecule has 1 amide bonds. The highest BCUT2D eigenvalue weighted by Crippen LogP contribution is 2.38. The highest BCUT2D eigenvalue weighted by Gasteiger charge is 2.27. The number of ether oxygens (including phenoxy) is 1. The standard InChI is InChI=1S/C24H23F2N7O2/c1-32-21-14(11-29-32)22(33-9-7-13(27)12-33)18(10-16(21)26)31-24(34)17-6-8-28-23(30-17)20-15(25)4-3-5-19(20)35-2/h3-6,8,10-11,13H,7,9,12,27H2,1-2H3,(H,31,34). The molecule has 4 aromatic rings. The van der Waals surface area contributed by atoms with Gasteiger partial charge in [0.25, 0.3) is 5.91 Å². The van der Waals surface area contributed by atoms with Crippen molar-refractivity contribution < 1.29 is 18.3 Å². The number of fused-ring (bicyclic) bond motifs is 1. The zero-order valence-corrected chi connectivity index (χ0v) is 19.1. The predicted octanol–water partition coefficient (Wildman–Crippen LogP) is 3.11. The molecule has 2 aromatic heterocycles. The van der Waals surface area contributed by atoms with E-state index in [1.54, 1.807) is 19.3 Å². The number of hydrogen-bond acceptors (Lipinski definition) is 7. The number of halogens is 2. The Bertz CT molecular complexity index is 1440. The molecule has 0 radical (unpaired) electrons. The molecule has 1 unspecified atom stereocenters. The van der Waals surface area contributed by atoms with E-state index in [4.69, 9.17) is 10.5 Å². The Kier molecular flexibility index (Phi) is 5.77. The number of carbonyl (C=O) groups is 1. The maximum absolute atomic E-state index is 15.0. The van der Waals surface area contributed by atoms with E-state index < -0.39 is 17.5 Å². The van der Waals surface area contributed by atoms with Crippen LogP contribution in [0.1, 0.15) is 16.9 Å². The largest absolute Gasteiger partial charge is 0.496 e. The first kappa shape index (κ1) is 22.7. The summed E-state index contributed by atoms with van der Waals surface area (Å²) in [6.45, 7) is 1.22. The molecule has 1 saturated heterocycles. The van der Waals surface area contributed by atoms with E-state index in [1.807, 2.05) is 4.90 Å². The SMILES string of the molecule is COc1cccc(F)c1-c1nccc(C(=O)Nc2cc(F)c3c(cnn3C)c2N2CCC(N)C2)n1. The molecule has 1 fully saturated rings. The van der Waals surface area contributed by atoms with Crippen LogP contribution in [-0.2, 0) is 7.05 Å². The highest BCUT2D eigenvalue weighted by molar-refractivity contribution is 6.09. The number of nitrogens with one attached hydrogen (secondary N) is 1. The van der Waals surface area contributed by atoms with Gasteiger partial charge in [0.1, 0.15) is 22.8 Å². The lowest BCUT2D eigenvalue weighted by atomic mass is 10.1. The van der Waals surface area contributed by atoms with Crippen molar-refractivity contribution in [2.45, 2.75) is 12.5 Å². The number of hydrogen-bond donors (Lipinski definition) is 2. The Hall–Kier alpha value is -4.12. The second-order valence-electron chi connectivity index (χ2n) is 8.32. The first-order valence-corrected chi connectivity index (χ1v) is 11.0. The van der Waals surface area contributed by atoms with Crippen LogP contribution in [0.3, 0.4) is 0 Å². The van der Waals surface area contributed by atoms with E-state index in [-0.39, 0.29) is 34.6 Å². The summed E-state index contributed by atoms with van der Waals surface area (Å²) in [7, 11) is 3.06. The summed E-state index contributed by atoms with van der Waals surface area (Å²) in [5, 5.41) is 7.53. The summed E-state index contributed by atoms with van der Waals surface area (Å²) >= 11 is 0. The molecule has 1 aliphatic heterocycles. The molecule has 1 atom stereocenters. The lowest BCUT2D eigenvalue weighted by Crippen LogP contribution is -2.27. The quantitative estimate of drug-likeness (QED) is 0.452. The molecular formula is C24H23F2N7O2. The predicted molar refractivity (Wildman–Crippen MR) is 127 cm³/mol. The van der Waals surface area contributed by atoms with E-state index >= 15 is 4.39 Å². The van der Waals surface area contributed by atoms with Crippen LogP contribution >= 0.6 is 0 Å². The minimum atomic E-state index is -0.601. The van der Waals surface area contributed by atoms with Crippen molar-refractivity contribution in [2.75, 3.05) is 30.4 Å². The number of aryl methyl sites for hydroxylation is 1. The van der Waals surface area contributed by atoms with Gasteiger partial charge in [-0.05, 0) is 24.6 Å². The lowest BCUT2D eigenvalue weighted by Gasteiger charge is -2.23. The Morgan fingerprint density at radius 2 is 2.09 bits per heavy atom. The highest BCUT2D eigenvalue weighted by atomic mass is 19.1. The molecule has 0 spiro atoms. The van der Waals surface area contributed by atoms with Crippen LogP contribution in [0, 0.1) is 11.6 Å². The normalized spacial score (nSPS) is 15.6. The monoisotopic (exact) mass is 479 g/mol. The molecule has 3 N–H and O–H groups in total. The third-order valence-electron chi connectivity index (χ3n) is 6.04. The second-order valence-corrected chi connectivity index (χ2v) is 8.32. The average Bonchev–Trinajstić information content (AvgIpc) is 3.45. The third-order valence-corrected chi connectivity index (χ3v) is 6.04. The molecular weight excluding hydrogens is 456 g/mol. The maximum Gasteiger partial charge on any atom is 0.274 e. The van der Waals surface area contributed by atoms with E-state index in [9.17, 15) is 9.18 Å². The molecule has 11 heteroatoms. The van der Waals surface area contributed by atoms with Crippen molar-refractivity contribution >= 4 is 28.2 Å². The average molecular weight is 479 g/mol. The molecule has 5 rings (SSSR count). The number of carbonyl (C=O) groups excluding carboxylic acids is 1. The van der Waals surface area contributed by atoms with Crippen LogP contribution in [0.2, 0.25) is 0 Å². The van der Waals surface area contributed by atoms with Gasteiger partial charge in [-0.25, -0.2) is 18.7 Å². The molecule has 2 aromatic carbocycles. The fourth-order valence-electron chi connectivity index (χ4n) is 4.41. The van der Waals surface area contributed by atoms with Crippen LogP contribution in [0.5, 0.6) is 5.75 Å². The van der Waals surface area contributed by atoms with Crippen molar-refractivity contribution in [3.05, 3.63) is 60.1 Å². The summed E-state index contributed by atoms with van der Waals surface area (Å²) in [6.07, 6.45) is 3.70. The molecule has 1 aliphatic rings. The van der Waals surface area contributed by atoms with Gasteiger partial charge >= 0.3 is 0 Å². The van der Waals surface area contributed by atoms with Gasteiger partial charge < -0.3 is 20.7 Å². The van der Waals surface area contributed by atoms with Gasteiger partial charge in [-0.3, -0.25) is 9.48 Å². The second kappa shape index (κ2) is 8.91. The Labute approximate surface area is 199 Å². The smallest absolute Gasteiger partial charge is 0.274 e. The molecule has 0 bridgehead atoms.